The fraction of sp³-hybridized carbons (Fsp3) is 0.294. The van der Waals surface area contributed by atoms with E-state index in [1.54, 1.807) is 38.7 Å². The zero-order valence-electron chi connectivity index (χ0n) is 14.9. The number of thiazole rings is 1. The number of hydrogen-bond acceptors (Lipinski definition) is 9. The molecule has 0 radical (unpaired) electrons. The average Bonchev–Trinajstić information content (AvgIpc) is 3.07. The molecule has 1 aromatic carbocycles. The van der Waals surface area contributed by atoms with Crippen LogP contribution in [0.5, 0.6) is 11.5 Å². The number of nitrogens with one attached hydrogen (secondary N) is 1. The Morgan fingerprint density at radius 3 is 2.63 bits per heavy atom. The Balaban J connectivity index is 1.92. The van der Waals surface area contributed by atoms with E-state index in [1.165, 1.54) is 11.3 Å². The van der Waals surface area contributed by atoms with Crippen molar-refractivity contribution >= 4 is 50.8 Å². The number of benzene rings is 1. The predicted octanol–water partition coefficient (Wildman–Crippen LogP) is 3.61. The number of carbonyl (C=O) groups is 1. The maximum atomic E-state index is 11.6. The molecule has 3 rings (SSSR count). The maximum absolute atomic E-state index is 11.6. The molecule has 0 unspecified atom stereocenters. The molecule has 0 amide bonds. The number of ether oxygens (including phenoxy) is 3. The lowest BCUT2D eigenvalue weighted by Crippen LogP contribution is -2.07. The summed E-state index contributed by atoms with van der Waals surface area (Å²) in [6.45, 7) is 2.10. The summed E-state index contributed by atoms with van der Waals surface area (Å²) in [6.07, 6.45) is 0.113. The zero-order chi connectivity index (χ0) is 19.4. The van der Waals surface area contributed by atoms with E-state index in [0.29, 0.717) is 45.7 Å². The SMILES string of the molecule is CCOC(=O)Cc1csc(Nc2nc(Cl)nc3cc(OC)c(OC)cc23)n1. The number of hydrogen-bond donors (Lipinski definition) is 1. The number of esters is 1. The number of halogens is 1. The molecule has 8 nitrogen and oxygen atoms in total. The minimum absolute atomic E-state index is 0.0838. The van der Waals surface area contributed by atoms with Gasteiger partial charge in [-0.1, -0.05) is 0 Å². The quantitative estimate of drug-likeness (QED) is 0.468. The average molecular weight is 409 g/mol. The number of fused-ring (bicyclic) bond motifs is 1. The van der Waals surface area contributed by atoms with E-state index in [-0.39, 0.29) is 17.7 Å². The number of nitrogens with zero attached hydrogens (tertiary/aromatic N) is 3. The Morgan fingerprint density at radius 1 is 1.19 bits per heavy atom. The highest BCUT2D eigenvalue weighted by Crippen LogP contribution is 2.35. The fourth-order valence-corrected chi connectivity index (χ4v) is 3.31. The van der Waals surface area contributed by atoms with E-state index >= 15 is 0 Å². The second kappa shape index (κ2) is 8.36. The molecule has 27 heavy (non-hydrogen) atoms. The summed E-state index contributed by atoms with van der Waals surface area (Å²) in [4.78, 5) is 24.5. The van der Waals surface area contributed by atoms with Crippen LogP contribution in [-0.2, 0) is 16.0 Å². The van der Waals surface area contributed by atoms with Gasteiger partial charge in [0.1, 0.15) is 5.82 Å². The van der Waals surface area contributed by atoms with Gasteiger partial charge in [-0.05, 0) is 24.6 Å². The molecule has 0 aliphatic heterocycles. The standard InChI is InChI=1S/C17H17ClN4O4S/c1-4-26-14(23)5-9-8-27-17(19-9)22-15-10-6-12(24-2)13(25-3)7-11(10)20-16(18)21-15/h6-8H,4-5H2,1-3H3,(H,19,20,21,22). The summed E-state index contributed by atoms with van der Waals surface area (Å²) in [5, 5.41) is 6.26. The van der Waals surface area contributed by atoms with E-state index in [0.717, 1.165) is 0 Å². The van der Waals surface area contributed by atoms with Crippen molar-refractivity contribution in [1.82, 2.24) is 15.0 Å². The molecular weight excluding hydrogens is 392 g/mol. The highest BCUT2D eigenvalue weighted by atomic mass is 35.5. The minimum Gasteiger partial charge on any atom is -0.493 e. The maximum Gasteiger partial charge on any atom is 0.311 e. The van der Waals surface area contributed by atoms with E-state index in [4.69, 9.17) is 25.8 Å². The van der Waals surface area contributed by atoms with Gasteiger partial charge in [-0.3, -0.25) is 4.79 Å². The smallest absolute Gasteiger partial charge is 0.311 e. The number of anilines is 2. The molecule has 10 heteroatoms. The number of carbonyl (C=O) groups excluding carboxylic acids is 1. The van der Waals surface area contributed by atoms with Crippen molar-refractivity contribution < 1.29 is 19.0 Å². The zero-order valence-corrected chi connectivity index (χ0v) is 16.5. The molecule has 2 heterocycles. The first-order valence-electron chi connectivity index (χ1n) is 8.00. The lowest BCUT2D eigenvalue weighted by atomic mass is 10.2. The normalized spacial score (nSPS) is 10.7. The summed E-state index contributed by atoms with van der Waals surface area (Å²) in [7, 11) is 3.10. The Bertz CT molecular complexity index is 979. The highest BCUT2D eigenvalue weighted by molar-refractivity contribution is 7.13. The molecule has 0 fully saturated rings. The van der Waals surface area contributed by atoms with Crippen molar-refractivity contribution in [1.29, 1.82) is 0 Å². The second-order valence-corrected chi connectivity index (χ2v) is 6.51. The molecule has 0 spiro atoms. The van der Waals surface area contributed by atoms with Crippen LogP contribution in [0.15, 0.2) is 17.5 Å². The Morgan fingerprint density at radius 2 is 1.93 bits per heavy atom. The summed E-state index contributed by atoms with van der Waals surface area (Å²) in [5.74, 6) is 1.24. The fourth-order valence-electron chi connectivity index (χ4n) is 2.43. The van der Waals surface area contributed by atoms with Crippen LogP contribution in [0.4, 0.5) is 10.9 Å². The minimum atomic E-state index is -0.318. The monoisotopic (exact) mass is 408 g/mol. The van der Waals surface area contributed by atoms with Gasteiger partial charge >= 0.3 is 5.97 Å². The summed E-state index contributed by atoms with van der Waals surface area (Å²) >= 11 is 7.40. The van der Waals surface area contributed by atoms with E-state index in [1.807, 2.05) is 0 Å². The summed E-state index contributed by atoms with van der Waals surface area (Å²) < 4.78 is 15.6. The lowest BCUT2D eigenvalue weighted by molar-refractivity contribution is -0.142. The molecule has 2 aromatic heterocycles. The lowest BCUT2D eigenvalue weighted by Gasteiger charge is -2.11. The molecule has 3 aromatic rings. The van der Waals surface area contributed by atoms with Crippen molar-refractivity contribution in [3.05, 3.63) is 28.5 Å². The van der Waals surface area contributed by atoms with Gasteiger partial charge < -0.3 is 19.5 Å². The first-order valence-corrected chi connectivity index (χ1v) is 9.26. The van der Waals surface area contributed by atoms with Crippen LogP contribution in [-0.4, -0.2) is 41.7 Å². The topological polar surface area (TPSA) is 95.5 Å². The van der Waals surface area contributed by atoms with Crippen molar-refractivity contribution in [2.45, 2.75) is 13.3 Å². The van der Waals surface area contributed by atoms with Gasteiger partial charge in [0.2, 0.25) is 5.28 Å². The molecule has 1 N–H and O–H groups in total. The number of rotatable bonds is 7. The van der Waals surface area contributed by atoms with Crippen LogP contribution >= 0.6 is 22.9 Å². The predicted molar refractivity (Wildman–Crippen MR) is 103 cm³/mol. The third-order valence-electron chi connectivity index (χ3n) is 3.58. The van der Waals surface area contributed by atoms with Crippen LogP contribution in [0.2, 0.25) is 5.28 Å². The molecule has 0 bridgehead atoms. The largest absolute Gasteiger partial charge is 0.493 e. The van der Waals surface area contributed by atoms with Crippen molar-refractivity contribution in [3.63, 3.8) is 0 Å². The Hall–Kier alpha value is -2.65. The molecular formula is C17H17ClN4O4S. The highest BCUT2D eigenvalue weighted by Gasteiger charge is 2.15. The Labute approximate surface area is 164 Å². The van der Waals surface area contributed by atoms with Gasteiger partial charge in [-0.15, -0.1) is 11.3 Å². The van der Waals surface area contributed by atoms with Crippen LogP contribution in [0, 0.1) is 0 Å². The van der Waals surface area contributed by atoms with Gasteiger partial charge in [0, 0.05) is 16.8 Å². The van der Waals surface area contributed by atoms with Crippen LogP contribution < -0.4 is 14.8 Å². The summed E-state index contributed by atoms with van der Waals surface area (Å²) in [5.41, 5.74) is 1.21. The van der Waals surface area contributed by atoms with E-state index in [2.05, 4.69) is 20.3 Å². The van der Waals surface area contributed by atoms with Crippen molar-refractivity contribution in [2.24, 2.45) is 0 Å². The van der Waals surface area contributed by atoms with Gasteiger partial charge in [0.15, 0.2) is 16.6 Å². The van der Waals surface area contributed by atoms with Gasteiger partial charge in [0.25, 0.3) is 0 Å². The van der Waals surface area contributed by atoms with Gasteiger partial charge in [0.05, 0.1) is 38.5 Å². The summed E-state index contributed by atoms with van der Waals surface area (Å²) in [6, 6.07) is 3.49. The molecule has 0 aliphatic carbocycles. The number of methoxy groups -OCH3 is 2. The molecule has 0 saturated heterocycles. The van der Waals surface area contributed by atoms with E-state index in [9.17, 15) is 4.79 Å². The first-order chi connectivity index (χ1) is 13.0. The van der Waals surface area contributed by atoms with E-state index < -0.39 is 0 Å². The van der Waals surface area contributed by atoms with Crippen molar-refractivity contribution in [3.8, 4) is 11.5 Å². The van der Waals surface area contributed by atoms with Crippen LogP contribution in [0.3, 0.4) is 0 Å². The van der Waals surface area contributed by atoms with Crippen LogP contribution in [0.25, 0.3) is 10.9 Å². The van der Waals surface area contributed by atoms with Crippen LogP contribution in [0.1, 0.15) is 12.6 Å². The molecule has 0 aliphatic rings. The van der Waals surface area contributed by atoms with Crippen molar-refractivity contribution in [2.75, 3.05) is 26.1 Å². The Kier molecular flexibility index (Phi) is 5.92. The third kappa shape index (κ3) is 4.37. The third-order valence-corrected chi connectivity index (χ3v) is 4.56. The van der Waals surface area contributed by atoms with Gasteiger partial charge in [-0.25, -0.2) is 9.97 Å². The second-order valence-electron chi connectivity index (χ2n) is 5.32. The number of aromatic nitrogens is 3. The molecule has 142 valence electrons. The molecule has 0 saturated carbocycles. The molecule has 0 atom stereocenters. The van der Waals surface area contributed by atoms with Gasteiger partial charge in [-0.2, -0.15) is 4.98 Å². The first kappa shape index (κ1) is 19.1.